The predicted molar refractivity (Wildman–Crippen MR) is 65.7 cm³/mol. The highest BCUT2D eigenvalue weighted by atomic mass is 16.4. The van der Waals surface area contributed by atoms with Crippen molar-refractivity contribution < 1.29 is 19.8 Å². The molecule has 0 heterocycles. The van der Waals surface area contributed by atoms with E-state index in [1.807, 2.05) is 12.2 Å². The van der Waals surface area contributed by atoms with Crippen LogP contribution in [0, 0.1) is 11.8 Å². The largest absolute Gasteiger partial charge is 0.481 e. The number of allylic oxidation sites excluding steroid dienone is 2. The van der Waals surface area contributed by atoms with Crippen LogP contribution < -0.4 is 11.5 Å². The van der Waals surface area contributed by atoms with Crippen LogP contribution in [-0.4, -0.2) is 34.2 Å². The van der Waals surface area contributed by atoms with E-state index in [4.69, 9.17) is 21.7 Å². The van der Waals surface area contributed by atoms with Gasteiger partial charge in [0.2, 0.25) is 0 Å². The van der Waals surface area contributed by atoms with E-state index in [0.29, 0.717) is 12.8 Å². The van der Waals surface area contributed by atoms with Gasteiger partial charge in [-0.25, -0.2) is 0 Å². The topological polar surface area (TPSA) is 127 Å². The summed E-state index contributed by atoms with van der Waals surface area (Å²) in [6.07, 6.45) is 8.25. The fraction of sp³-hybridized carbons (Fsp3) is 0.500. The minimum Gasteiger partial charge on any atom is -0.481 e. The maximum absolute atomic E-state index is 10.3. The average molecular weight is 254 g/mol. The molecule has 0 saturated heterocycles. The van der Waals surface area contributed by atoms with Crippen LogP contribution in [0.25, 0.3) is 0 Å². The monoisotopic (exact) mass is 254 g/mol. The Morgan fingerprint density at radius 3 is 1.33 bits per heavy atom. The fourth-order valence-electron chi connectivity index (χ4n) is 1.88. The fourth-order valence-corrected chi connectivity index (χ4v) is 1.88. The summed E-state index contributed by atoms with van der Waals surface area (Å²) in [5.41, 5.74) is 10.8. The third-order valence-electron chi connectivity index (χ3n) is 3.06. The number of aliphatic carboxylic acids is 2. The van der Waals surface area contributed by atoms with E-state index in [-0.39, 0.29) is 23.9 Å². The molecule has 0 fully saturated rings. The summed E-state index contributed by atoms with van der Waals surface area (Å²) in [5.74, 6) is -2.37. The lowest BCUT2D eigenvalue weighted by Gasteiger charge is -2.07. The smallest absolute Gasteiger partial charge is 0.308 e. The number of hydrogen-bond donors (Lipinski definition) is 4. The first-order valence-corrected chi connectivity index (χ1v) is 5.73. The zero-order valence-electron chi connectivity index (χ0n) is 9.90. The quantitative estimate of drug-likeness (QED) is 0.512. The third-order valence-corrected chi connectivity index (χ3v) is 3.06. The Kier molecular flexibility index (Phi) is 5.06. The second-order valence-corrected chi connectivity index (χ2v) is 4.37. The van der Waals surface area contributed by atoms with Gasteiger partial charge < -0.3 is 21.7 Å². The molecule has 4 atom stereocenters. The first-order valence-electron chi connectivity index (χ1n) is 5.73. The van der Waals surface area contributed by atoms with Gasteiger partial charge in [-0.3, -0.25) is 9.59 Å². The zero-order valence-corrected chi connectivity index (χ0v) is 9.90. The maximum Gasteiger partial charge on any atom is 0.308 e. The number of carbonyl (C=O) groups is 2. The lowest BCUT2D eigenvalue weighted by Crippen LogP contribution is -2.30. The molecule has 100 valence electrons. The molecule has 6 N–H and O–H groups in total. The summed E-state index contributed by atoms with van der Waals surface area (Å²) < 4.78 is 0. The van der Waals surface area contributed by atoms with Crippen LogP contribution >= 0.6 is 0 Å². The molecule has 6 nitrogen and oxygen atoms in total. The summed E-state index contributed by atoms with van der Waals surface area (Å²) in [6, 6.07) is -0.551. The van der Waals surface area contributed by atoms with E-state index in [0.717, 1.165) is 0 Å². The van der Waals surface area contributed by atoms with Gasteiger partial charge in [-0.05, 0) is 12.8 Å². The summed E-state index contributed by atoms with van der Waals surface area (Å²) in [5, 5.41) is 16.9. The van der Waals surface area contributed by atoms with Gasteiger partial charge in [-0.15, -0.1) is 0 Å². The van der Waals surface area contributed by atoms with Crippen molar-refractivity contribution in [2.45, 2.75) is 24.9 Å². The Morgan fingerprint density at radius 1 is 0.889 bits per heavy atom. The SMILES string of the molecule is N[C@@H]1C=CC[C@@H]1C(=O)O.N[C@H]1C=CC[C@H]1C(=O)O. The van der Waals surface area contributed by atoms with Crippen molar-refractivity contribution in [3.05, 3.63) is 24.3 Å². The second-order valence-electron chi connectivity index (χ2n) is 4.37. The molecule has 0 aliphatic heterocycles. The lowest BCUT2D eigenvalue weighted by molar-refractivity contribution is -0.142. The standard InChI is InChI=1S/2C6H9NO2/c2*7-5-3-1-2-4(5)6(8)9/h2*1,3-5H,2,7H2,(H,8,9)/t2*4-,5+/m10/s1. The normalized spacial score (nSPS) is 33.0. The molecule has 2 rings (SSSR count). The van der Waals surface area contributed by atoms with Crippen molar-refractivity contribution in [2.24, 2.45) is 23.3 Å². The average Bonchev–Trinajstić information content (AvgIpc) is 2.87. The van der Waals surface area contributed by atoms with Crippen LogP contribution in [0.1, 0.15) is 12.8 Å². The first-order chi connectivity index (χ1) is 8.43. The Balaban J connectivity index is 0.000000180. The van der Waals surface area contributed by atoms with Crippen molar-refractivity contribution in [1.29, 1.82) is 0 Å². The van der Waals surface area contributed by atoms with Gasteiger partial charge in [0.25, 0.3) is 0 Å². The van der Waals surface area contributed by atoms with Crippen LogP contribution in [0.4, 0.5) is 0 Å². The number of rotatable bonds is 2. The molecule has 0 saturated carbocycles. The minimum absolute atomic E-state index is 0.275. The Bertz CT molecular complexity index is 342. The highest BCUT2D eigenvalue weighted by Crippen LogP contribution is 2.16. The van der Waals surface area contributed by atoms with Gasteiger partial charge in [-0.1, -0.05) is 24.3 Å². The number of carboxylic acid groups (broad SMARTS) is 2. The van der Waals surface area contributed by atoms with Crippen molar-refractivity contribution in [3.63, 3.8) is 0 Å². The van der Waals surface area contributed by atoms with Crippen molar-refractivity contribution in [3.8, 4) is 0 Å². The molecule has 0 unspecified atom stereocenters. The van der Waals surface area contributed by atoms with E-state index >= 15 is 0 Å². The first kappa shape index (κ1) is 14.4. The molecule has 0 aromatic rings. The minimum atomic E-state index is -0.799. The van der Waals surface area contributed by atoms with Gasteiger partial charge in [0.05, 0.1) is 11.8 Å². The van der Waals surface area contributed by atoms with Crippen molar-refractivity contribution in [1.82, 2.24) is 0 Å². The van der Waals surface area contributed by atoms with Gasteiger partial charge >= 0.3 is 11.9 Å². The molecule has 0 spiro atoms. The van der Waals surface area contributed by atoms with Gasteiger partial charge in [0.1, 0.15) is 0 Å². The Morgan fingerprint density at radius 2 is 1.22 bits per heavy atom. The summed E-state index contributed by atoms with van der Waals surface area (Å²) >= 11 is 0. The molecule has 2 aliphatic rings. The molecule has 2 aliphatic carbocycles. The van der Waals surface area contributed by atoms with E-state index in [2.05, 4.69) is 0 Å². The van der Waals surface area contributed by atoms with Crippen molar-refractivity contribution >= 4 is 11.9 Å². The molecule has 0 aromatic carbocycles. The number of hydrogen-bond acceptors (Lipinski definition) is 4. The molecular weight excluding hydrogens is 236 g/mol. The molecule has 0 bridgehead atoms. The second kappa shape index (κ2) is 6.32. The molecule has 18 heavy (non-hydrogen) atoms. The van der Waals surface area contributed by atoms with Gasteiger partial charge in [-0.2, -0.15) is 0 Å². The van der Waals surface area contributed by atoms with Crippen LogP contribution in [-0.2, 0) is 9.59 Å². The van der Waals surface area contributed by atoms with E-state index < -0.39 is 11.9 Å². The Hall–Kier alpha value is -1.66. The van der Waals surface area contributed by atoms with Crippen LogP contribution in [0.2, 0.25) is 0 Å². The Labute approximate surface area is 105 Å². The summed E-state index contributed by atoms with van der Waals surface area (Å²) in [6.45, 7) is 0. The van der Waals surface area contributed by atoms with E-state index in [1.165, 1.54) is 0 Å². The van der Waals surface area contributed by atoms with Crippen LogP contribution in [0.3, 0.4) is 0 Å². The highest BCUT2D eigenvalue weighted by molar-refractivity contribution is 5.72. The van der Waals surface area contributed by atoms with Gasteiger partial charge in [0.15, 0.2) is 0 Å². The third kappa shape index (κ3) is 3.68. The van der Waals surface area contributed by atoms with Crippen molar-refractivity contribution in [2.75, 3.05) is 0 Å². The zero-order chi connectivity index (χ0) is 13.7. The lowest BCUT2D eigenvalue weighted by atomic mass is 10.0. The van der Waals surface area contributed by atoms with Gasteiger partial charge in [0, 0.05) is 12.1 Å². The van der Waals surface area contributed by atoms with E-state index in [1.54, 1.807) is 12.2 Å². The van der Waals surface area contributed by atoms with Crippen LogP contribution in [0.15, 0.2) is 24.3 Å². The molecule has 0 amide bonds. The molecule has 0 aromatic heterocycles. The molecule has 0 radical (unpaired) electrons. The molecular formula is C12H18N2O4. The summed E-state index contributed by atoms with van der Waals surface area (Å²) in [4.78, 5) is 20.6. The predicted octanol–water partition coefficient (Wildman–Crippen LogP) is -0.0512. The number of carboxylic acids is 2. The maximum atomic E-state index is 10.3. The summed E-state index contributed by atoms with van der Waals surface area (Å²) in [7, 11) is 0. The van der Waals surface area contributed by atoms with Crippen LogP contribution in [0.5, 0.6) is 0 Å². The highest BCUT2D eigenvalue weighted by Gasteiger charge is 2.26. The molecule has 6 heteroatoms. The van der Waals surface area contributed by atoms with E-state index in [9.17, 15) is 9.59 Å². The number of nitrogens with two attached hydrogens (primary N) is 2.